The van der Waals surface area contributed by atoms with Gasteiger partial charge in [0.05, 0.1) is 25.5 Å². The number of ether oxygens (including phenoxy) is 2. The van der Waals surface area contributed by atoms with Crippen LogP contribution in [0, 0.1) is 6.92 Å². The quantitative estimate of drug-likeness (QED) is 0.378. The number of aryl methyl sites for hydroxylation is 1. The molecule has 0 saturated heterocycles. The largest absolute Gasteiger partial charge is 0.497 e. The molecule has 30 heavy (non-hydrogen) atoms. The van der Waals surface area contributed by atoms with E-state index in [0.717, 1.165) is 30.1 Å². The molecule has 162 valence electrons. The summed E-state index contributed by atoms with van der Waals surface area (Å²) >= 11 is 1.36. The van der Waals surface area contributed by atoms with Gasteiger partial charge in [-0.1, -0.05) is 12.1 Å². The summed E-state index contributed by atoms with van der Waals surface area (Å²) in [6.45, 7) is 6.80. The molecule has 1 aromatic carbocycles. The van der Waals surface area contributed by atoms with E-state index in [2.05, 4.69) is 32.7 Å². The second-order valence-electron chi connectivity index (χ2n) is 7.49. The standard InChI is InChI=1S/C22H30N4O3S/c1-6-29-20(27)18-14(2)25-19(30-18)15(3)26-21(23-4)24-13-22(11-12-22)16-7-9-17(28-5)10-8-16/h7-10,15H,6,11-13H2,1-5H3,(H2,23,24,26). The molecule has 0 aliphatic heterocycles. The number of nitrogens with one attached hydrogen (secondary N) is 2. The van der Waals surface area contributed by atoms with Gasteiger partial charge >= 0.3 is 5.97 Å². The summed E-state index contributed by atoms with van der Waals surface area (Å²) in [6, 6.07) is 8.22. The number of carbonyl (C=O) groups is 1. The van der Waals surface area contributed by atoms with Gasteiger partial charge in [-0.05, 0) is 51.3 Å². The van der Waals surface area contributed by atoms with Crippen LogP contribution in [0.3, 0.4) is 0 Å². The number of esters is 1. The van der Waals surface area contributed by atoms with Gasteiger partial charge in [-0.3, -0.25) is 4.99 Å². The highest BCUT2D eigenvalue weighted by molar-refractivity contribution is 7.13. The molecule has 2 aromatic rings. The SMILES string of the molecule is CCOC(=O)c1sc(C(C)NC(=NC)NCC2(c3ccc(OC)cc3)CC2)nc1C. The van der Waals surface area contributed by atoms with Crippen molar-refractivity contribution in [3.05, 3.63) is 45.4 Å². The number of aromatic nitrogens is 1. The number of benzene rings is 1. The predicted molar refractivity (Wildman–Crippen MR) is 120 cm³/mol. The summed E-state index contributed by atoms with van der Waals surface area (Å²) in [5.41, 5.74) is 2.15. The molecule has 2 N–H and O–H groups in total. The normalized spacial score (nSPS) is 16.0. The molecule has 0 radical (unpaired) electrons. The molecular weight excluding hydrogens is 400 g/mol. The zero-order valence-electron chi connectivity index (χ0n) is 18.2. The molecule has 3 rings (SSSR count). The van der Waals surface area contributed by atoms with Gasteiger partial charge in [-0.2, -0.15) is 0 Å². The Kier molecular flexibility index (Phi) is 6.97. The third-order valence-electron chi connectivity index (χ3n) is 5.37. The number of guanidine groups is 1. The minimum atomic E-state index is -0.316. The first-order valence-corrected chi connectivity index (χ1v) is 11.0. The average Bonchev–Trinajstić information content (AvgIpc) is 3.45. The highest BCUT2D eigenvalue weighted by Crippen LogP contribution is 2.47. The van der Waals surface area contributed by atoms with Gasteiger partial charge in [0.25, 0.3) is 0 Å². The second kappa shape index (κ2) is 9.47. The first-order valence-electron chi connectivity index (χ1n) is 10.2. The van der Waals surface area contributed by atoms with Gasteiger partial charge < -0.3 is 20.1 Å². The van der Waals surface area contributed by atoms with E-state index < -0.39 is 0 Å². The van der Waals surface area contributed by atoms with Crippen LogP contribution in [-0.2, 0) is 10.2 Å². The van der Waals surface area contributed by atoms with Crippen LogP contribution in [0.4, 0.5) is 0 Å². The molecule has 1 atom stereocenters. The zero-order chi connectivity index (χ0) is 21.7. The number of hydrogen-bond donors (Lipinski definition) is 2. The Hall–Kier alpha value is -2.61. The molecule has 1 fully saturated rings. The first kappa shape index (κ1) is 22.1. The fourth-order valence-electron chi connectivity index (χ4n) is 3.37. The Bertz CT molecular complexity index is 904. The Balaban J connectivity index is 1.60. The Labute approximate surface area is 181 Å². The monoisotopic (exact) mass is 430 g/mol. The Morgan fingerprint density at radius 2 is 2.03 bits per heavy atom. The van der Waals surface area contributed by atoms with Gasteiger partial charge in [0, 0.05) is 19.0 Å². The first-order chi connectivity index (χ1) is 14.4. The highest BCUT2D eigenvalue weighted by atomic mass is 32.1. The van der Waals surface area contributed by atoms with Gasteiger partial charge in [0.1, 0.15) is 15.6 Å². The lowest BCUT2D eigenvalue weighted by atomic mass is 9.96. The van der Waals surface area contributed by atoms with Crippen molar-refractivity contribution in [3.8, 4) is 5.75 Å². The molecule has 0 spiro atoms. The van der Waals surface area contributed by atoms with Crippen molar-refractivity contribution >= 4 is 23.3 Å². The molecule has 8 heteroatoms. The molecule has 1 unspecified atom stereocenters. The Morgan fingerprint density at radius 3 is 2.60 bits per heavy atom. The number of rotatable bonds is 8. The van der Waals surface area contributed by atoms with Crippen LogP contribution >= 0.6 is 11.3 Å². The van der Waals surface area contributed by atoms with E-state index in [9.17, 15) is 4.79 Å². The lowest BCUT2D eigenvalue weighted by Crippen LogP contribution is -2.42. The molecule has 0 bridgehead atoms. The minimum absolute atomic E-state index is 0.0841. The van der Waals surface area contributed by atoms with E-state index in [4.69, 9.17) is 9.47 Å². The Morgan fingerprint density at radius 1 is 1.33 bits per heavy atom. The van der Waals surface area contributed by atoms with Crippen molar-refractivity contribution < 1.29 is 14.3 Å². The fourth-order valence-corrected chi connectivity index (χ4v) is 4.33. The molecule has 1 aromatic heterocycles. The van der Waals surface area contributed by atoms with Gasteiger partial charge in [0.2, 0.25) is 0 Å². The van der Waals surface area contributed by atoms with Crippen LogP contribution in [0.15, 0.2) is 29.3 Å². The summed E-state index contributed by atoms with van der Waals surface area (Å²) < 4.78 is 10.4. The van der Waals surface area contributed by atoms with Crippen molar-refractivity contribution in [1.29, 1.82) is 0 Å². The van der Waals surface area contributed by atoms with E-state index in [1.165, 1.54) is 16.9 Å². The third kappa shape index (κ3) is 4.92. The molecule has 1 saturated carbocycles. The maximum Gasteiger partial charge on any atom is 0.350 e. The van der Waals surface area contributed by atoms with Crippen molar-refractivity contribution in [1.82, 2.24) is 15.6 Å². The lowest BCUT2D eigenvalue weighted by molar-refractivity contribution is 0.0531. The fraction of sp³-hybridized carbons (Fsp3) is 0.500. The minimum Gasteiger partial charge on any atom is -0.497 e. The number of methoxy groups -OCH3 is 1. The molecule has 1 aliphatic rings. The van der Waals surface area contributed by atoms with Crippen molar-refractivity contribution in [2.75, 3.05) is 27.3 Å². The molecule has 1 aliphatic carbocycles. The van der Waals surface area contributed by atoms with Crippen LogP contribution in [0.5, 0.6) is 5.75 Å². The summed E-state index contributed by atoms with van der Waals surface area (Å²) in [5.74, 6) is 1.27. The molecule has 1 heterocycles. The lowest BCUT2D eigenvalue weighted by Gasteiger charge is -2.21. The predicted octanol–water partition coefficient (Wildman–Crippen LogP) is 3.59. The van der Waals surface area contributed by atoms with Crippen LogP contribution < -0.4 is 15.4 Å². The van der Waals surface area contributed by atoms with Gasteiger partial charge in [0.15, 0.2) is 5.96 Å². The topological polar surface area (TPSA) is 84.8 Å². The number of aliphatic imine (C=N–C) groups is 1. The smallest absolute Gasteiger partial charge is 0.350 e. The zero-order valence-corrected chi connectivity index (χ0v) is 19.1. The van der Waals surface area contributed by atoms with E-state index in [1.54, 1.807) is 21.1 Å². The number of nitrogens with zero attached hydrogens (tertiary/aromatic N) is 2. The summed E-state index contributed by atoms with van der Waals surface area (Å²) in [6.07, 6.45) is 2.29. The van der Waals surface area contributed by atoms with Crippen LogP contribution in [0.25, 0.3) is 0 Å². The highest BCUT2D eigenvalue weighted by Gasteiger charge is 2.44. The number of hydrogen-bond acceptors (Lipinski definition) is 6. The van der Waals surface area contributed by atoms with E-state index in [-0.39, 0.29) is 17.4 Å². The molecule has 0 amide bonds. The van der Waals surface area contributed by atoms with E-state index in [1.807, 2.05) is 26.0 Å². The maximum atomic E-state index is 12.1. The average molecular weight is 431 g/mol. The van der Waals surface area contributed by atoms with Crippen molar-refractivity contribution in [3.63, 3.8) is 0 Å². The van der Waals surface area contributed by atoms with Crippen molar-refractivity contribution in [2.24, 2.45) is 4.99 Å². The van der Waals surface area contributed by atoms with Crippen molar-refractivity contribution in [2.45, 2.75) is 45.1 Å². The third-order valence-corrected chi connectivity index (χ3v) is 6.69. The van der Waals surface area contributed by atoms with E-state index in [0.29, 0.717) is 23.1 Å². The van der Waals surface area contributed by atoms with E-state index >= 15 is 0 Å². The van der Waals surface area contributed by atoms with Crippen LogP contribution in [0.2, 0.25) is 0 Å². The number of thiazole rings is 1. The second-order valence-corrected chi connectivity index (χ2v) is 8.52. The summed E-state index contributed by atoms with van der Waals surface area (Å²) in [7, 11) is 3.44. The molecular formula is C22H30N4O3S. The maximum absolute atomic E-state index is 12.1. The van der Waals surface area contributed by atoms with Gasteiger partial charge in [-0.25, -0.2) is 9.78 Å². The van der Waals surface area contributed by atoms with Gasteiger partial charge in [-0.15, -0.1) is 11.3 Å². The number of carbonyl (C=O) groups excluding carboxylic acids is 1. The summed E-state index contributed by atoms with van der Waals surface area (Å²) in [4.78, 5) is 21.5. The molecule has 7 nitrogen and oxygen atoms in total. The summed E-state index contributed by atoms with van der Waals surface area (Å²) in [5, 5.41) is 7.66. The van der Waals surface area contributed by atoms with Crippen LogP contribution in [-0.4, -0.2) is 44.2 Å². The van der Waals surface area contributed by atoms with Crippen LogP contribution in [0.1, 0.15) is 58.7 Å².